The molecule has 0 aliphatic heterocycles. The first kappa shape index (κ1) is 10.2. The van der Waals surface area contributed by atoms with Gasteiger partial charge in [0.2, 0.25) is 0 Å². The highest BCUT2D eigenvalue weighted by Gasteiger charge is 1.83. The van der Waals surface area contributed by atoms with E-state index >= 15 is 0 Å². The lowest BCUT2D eigenvalue weighted by molar-refractivity contribution is 0.550. The molecule has 0 aromatic rings. The predicted octanol–water partition coefficient (Wildman–Crippen LogP) is 2.13. The second-order valence-corrected chi connectivity index (χ2v) is 2.50. The van der Waals surface area contributed by atoms with Gasteiger partial charge in [-0.1, -0.05) is 32.3 Å². The van der Waals surface area contributed by atoms with Crippen LogP contribution in [0.4, 0.5) is 0 Å². The summed E-state index contributed by atoms with van der Waals surface area (Å²) in [5.74, 6) is 0. The standard InChI is InChI=1S/C9H16NO/c1-2-3-4-5-6-7-8-10-9-11/h7-8H,2-6H2,1H3,(H,10,11). The molecule has 0 aromatic carbocycles. The third-order valence-electron chi connectivity index (χ3n) is 1.48. The summed E-state index contributed by atoms with van der Waals surface area (Å²) in [6.07, 6.45) is 11.3. The number of carbonyl (C=O) groups excluding carboxylic acids is 1. The van der Waals surface area contributed by atoms with Crippen LogP contribution in [0.2, 0.25) is 0 Å². The average molecular weight is 154 g/mol. The first-order chi connectivity index (χ1) is 5.41. The number of nitrogens with one attached hydrogen (secondary N) is 1. The Labute approximate surface area is 68.7 Å². The van der Waals surface area contributed by atoms with E-state index in [4.69, 9.17) is 0 Å². The topological polar surface area (TPSA) is 29.1 Å². The van der Waals surface area contributed by atoms with Gasteiger partial charge < -0.3 is 5.32 Å². The molecule has 0 aromatic heterocycles. The lowest BCUT2D eigenvalue weighted by Gasteiger charge is -1.93. The molecule has 11 heavy (non-hydrogen) atoms. The predicted molar refractivity (Wildman–Crippen MR) is 46.7 cm³/mol. The molecule has 0 saturated carbocycles. The number of hydrogen-bond donors (Lipinski definition) is 1. The fourth-order valence-corrected chi connectivity index (χ4v) is 0.865. The molecule has 0 aliphatic carbocycles. The maximum atomic E-state index is 9.65. The second-order valence-electron chi connectivity index (χ2n) is 2.50. The lowest BCUT2D eigenvalue weighted by Crippen LogP contribution is -1.97. The summed E-state index contributed by atoms with van der Waals surface area (Å²) < 4.78 is 0. The molecule has 1 radical (unpaired) electrons. The average Bonchev–Trinajstić information content (AvgIpc) is 2.03. The Balaban J connectivity index is 2.94. The molecule has 0 fully saturated rings. The van der Waals surface area contributed by atoms with Crippen LogP contribution < -0.4 is 5.32 Å². The highest BCUT2D eigenvalue weighted by atomic mass is 16.1. The molecular weight excluding hydrogens is 138 g/mol. The van der Waals surface area contributed by atoms with Crippen LogP contribution in [0.25, 0.3) is 0 Å². The van der Waals surface area contributed by atoms with E-state index in [9.17, 15) is 4.79 Å². The maximum absolute atomic E-state index is 9.65. The highest BCUT2D eigenvalue weighted by Crippen LogP contribution is 2.01. The summed E-state index contributed by atoms with van der Waals surface area (Å²) in [6, 6.07) is 0. The summed E-state index contributed by atoms with van der Waals surface area (Å²) in [4.78, 5) is 9.65. The van der Waals surface area contributed by atoms with Crippen molar-refractivity contribution in [1.29, 1.82) is 0 Å². The third kappa shape index (κ3) is 9.21. The zero-order valence-corrected chi connectivity index (χ0v) is 7.10. The molecule has 2 heteroatoms. The minimum Gasteiger partial charge on any atom is -0.325 e. The van der Waals surface area contributed by atoms with Gasteiger partial charge in [-0.3, -0.25) is 4.79 Å². The fraction of sp³-hybridized carbons (Fsp3) is 0.667. The van der Waals surface area contributed by atoms with E-state index in [2.05, 4.69) is 12.2 Å². The van der Waals surface area contributed by atoms with Crippen LogP contribution in [0.15, 0.2) is 12.3 Å². The van der Waals surface area contributed by atoms with E-state index in [-0.39, 0.29) is 0 Å². The zero-order valence-electron chi connectivity index (χ0n) is 7.10. The number of amides is 1. The van der Waals surface area contributed by atoms with E-state index in [1.165, 1.54) is 25.7 Å². The van der Waals surface area contributed by atoms with Gasteiger partial charge in [-0.05, 0) is 12.8 Å². The molecule has 63 valence electrons. The first-order valence-electron chi connectivity index (χ1n) is 4.19. The quantitative estimate of drug-likeness (QED) is 0.441. The van der Waals surface area contributed by atoms with Crippen molar-refractivity contribution in [2.75, 3.05) is 0 Å². The van der Waals surface area contributed by atoms with Crippen molar-refractivity contribution in [2.24, 2.45) is 0 Å². The SMILES string of the molecule is CCCCCCC=CN[C]=O. The van der Waals surface area contributed by atoms with Crippen molar-refractivity contribution in [1.82, 2.24) is 5.32 Å². The van der Waals surface area contributed by atoms with E-state index < -0.39 is 0 Å². The van der Waals surface area contributed by atoms with Crippen LogP contribution >= 0.6 is 0 Å². The summed E-state index contributed by atoms with van der Waals surface area (Å²) in [5.41, 5.74) is 0. The Bertz CT molecular complexity index is 110. The monoisotopic (exact) mass is 154 g/mol. The van der Waals surface area contributed by atoms with Crippen LogP contribution in [-0.4, -0.2) is 6.41 Å². The van der Waals surface area contributed by atoms with Crippen LogP contribution in [0, 0.1) is 0 Å². The number of unbranched alkanes of at least 4 members (excludes halogenated alkanes) is 4. The fourth-order valence-electron chi connectivity index (χ4n) is 0.865. The Morgan fingerprint density at radius 2 is 2.18 bits per heavy atom. The van der Waals surface area contributed by atoms with E-state index in [0.29, 0.717) is 0 Å². The summed E-state index contributed by atoms with van der Waals surface area (Å²) in [6.45, 7) is 2.19. The molecule has 1 amide bonds. The molecule has 0 bridgehead atoms. The van der Waals surface area contributed by atoms with Gasteiger partial charge in [0.15, 0.2) is 0 Å². The molecule has 0 rings (SSSR count). The molecule has 0 spiro atoms. The van der Waals surface area contributed by atoms with Crippen LogP contribution in [0.3, 0.4) is 0 Å². The molecule has 0 heterocycles. The minimum absolute atomic E-state index is 1.05. The molecule has 0 aliphatic rings. The van der Waals surface area contributed by atoms with Crippen molar-refractivity contribution in [2.45, 2.75) is 39.0 Å². The summed E-state index contributed by atoms with van der Waals surface area (Å²) in [5, 5.41) is 2.35. The molecule has 0 atom stereocenters. The lowest BCUT2D eigenvalue weighted by atomic mass is 10.1. The van der Waals surface area contributed by atoms with Crippen molar-refractivity contribution >= 4 is 6.41 Å². The van der Waals surface area contributed by atoms with Crippen molar-refractivity contribution in [3.05, 3.63) is 12.3 Å². The number of hydrogen-bond acceptors (Lipinski definition) is 1. The molecular formula is C9H16NO. The molecule has 2 nitrogen and oxygen atoms in total. The van der Waals surface area contributed by atoms with Gasteiger partial charge in [0.1, 0.15) is 0 Å². The number of rotatable bonds is 7. The van der Waals surface area contributed by atoms with Gasteiger partial charge in [0.25, 0.3) is 0 Å². The summed E-state index contributed by atoms with van der Waals surface area (Å²) in [7, 11) is 0. The third-order valence-corrected chi connectivity index (χ3v) is 1.48. The smallest absolute Gasteiger partial charge is 0.313 e. The van der Waals surface area contributed by atoms with Crippen molar-refractivity contribution < 1.29 is 4.79 Å². The van der Waals surface area contributed by atoms with Gasteiger partial charge in [-0.15, -0.1) is 0 Å². The van der Waals surface area contributed by atoms with Crippen molar-refractivity contribution in [3.63, 3.8) is 0 Å². The Morgan fingerprint density at radius 1 is 1.36 bits per heavy atom. The Hall–Kier alpha value is -0.790. The number of allylic oxidation sites excluding steroid dienone is 1. The minimum atomic E-state index is 1.05. The van der Waals surface area contributed by atoms with Crippen LogP contribution in [0.1, 0.15) is 39.0 Å². The largest absolute Gasteiger partial charge is 0.325 e. The van der Waals surface area contributed by atoms with Gasteiger partial charge in [0.05, 0.1) is 0 Å². The van der Waals surface area contributed by atoms with Crippen LogP contribution in [-0.2, 0) is 4.79 Å². The van der Waals surface area contributed by atoms with Gasteiger partial charge in [-0.2, -0.15) is 0 Å². The maximum Gasteiger partial charge on any atom is 0.313 e. The zero-order chi connectivity index (χ0) is 8.36. The molecule has 1 N–H and O–H groups in total. The van der Waals surface area contributed by atoms with E-state index in [1.54, 1.807) is 12.6 Å². The van der Waals surface area contributed by atoms with E-state index in [1.807, 2.05) is 6.08 Å². The van der Waals surface area contributed by atoms with Crippen molar-refractivity contribution in [3.8, 4) is 0 Å². The van der Waals surface area contributed by atoms with Gasteiger partial charge in [0, 0.05) is 6.20 Å². The Morgan fingerprint density at radius 3 is 2.82 bits per heavy atom. The first-order valence-corrected chi connectivity index (χ1v) is 4.19. The molecule has 0 unspecified atom stereocenters. The summed E-state index contributed by atoms with van der Waals surface area (Å²) >= 11 is 0. The van der Waals surface area contributed by atoms with Gasteiger partial charge >= 0.3 is 6.41 Å². The van der Waals surface area contributed by atoms with Gasteiger partial charge in [-0.25, -0.2) is 0 Å². The Kier molecular flexibility index (Phi) is 8.55. The second kappa shape index (κ2) is 9.21. The van der Waals surface area contributed by atoms with E-state index in [0.717, 1.165) is 6.42 Å². The molecule has 0 saturated heterocycles. The van der Waals surface area contributed by atoms with Crippen LogP contribution in [0.5, 0.6) is 0 Å². The normalized spacial score (nSPS) is 10.3. The highest BCUT2D eigenvalue weighted by molar-refractivity contribution is 5.48.